The molecule has 0 radical (unpaired) electrons. The molecule has 0 saturated heterocycles. The molecule has 2 aromatic rings. The SMILES string of the molecule is Fc1ccc(COc2cccnc2Br)cc1F. The minimum absolute atomic E-state index is 0.154. The first-order valence-corrected chi connectivity index (χ1v) is 5.63. The van der Waals surface area contributed by atoms with Gasteiger partial charge in [0.05, 0.1) is 0 Å². The van der Waals surface area contributed by atoms with E-state index >= 15 is 0 Å². The van der Waals surface area contributed by atoms with E-state index in [1.54, 1.807) is 18.3 Å². The average Bonchev–Trinajstić information content (AvgIpc) is 2.32. The molecule has 88 valence electrons. The molecule has 0 aliphatic heterocycles. The molecule has 2 nitrogen and oxygen atoms in total. The van der Waals surface area contributed by atoms with Crippen molar-refractivity contribution in [1.29, 1.82) is 0 Å². The fraction of sp³-hybridized carbons (Fsp3) is 0.0833. The number of halogens is 3. The van der Waals surface area contributed by atoms with Crippen molar-refractivity contribution in [3.05, 3.63) is 58.3 Å². The van der Waals surface area contributed by atoms with Gasteiger partial charge in [-0.3, -0.25) is 0 Å². The molecule has 2 rings (SSSR count). The van der Waals surface area contributed by atoms with Crippen LogP contribution in [0.5, 0.6) is 5.75 Å². The smallest absolute Gasteiger partial charge is 0.159 e. The lowest BCUT2D eigenvalue weighted by atomic mass is 10.2. The highest BCUT2D eigenvalue weighted by molar-refractivity contribution is 9.10. The molecule has 17 heavy (non-hydrogen) atoms. The van der Waals surface area contributed by atoms with Gasteiger partial charge < -0.3 is 4.74 Å². The Labute approximate surface area is 105 Å². The molecule has 0 spiro atoms. The molecular formula is C12H8BrF2NO. The average molecular weight is 300 g/mol. The summed E-state index contributed by atoms with van der Waals surface area (Å²) in [4.78, 5) is 3.98. The zero-order chi connectivity index (χ0) is 12.3. The maximum absolute atomic E-state index is 12.9. The largest absolute Gasteiger partial charge is 0.486 e. The van der Waals surface area contributed by atoms with E-state index in [1.807, 2.05) is 0 Å². The summed E-state index contributed by atoms with van der Waals surface area (Å²) in [5, 5.41) is 0. The monoisotopic (exact) mass is 299 g/mol. The highest BCUT2D eigenvalue weighted by Crippen LogP contribution is 2.22. The van der Waals surface area contributed by atoms with Crippen molar-refractivity contribution >= 4 is 15.9 Å². The lowest BCUT2D eigenvalue weighted by Gasteiger charge is -2.07. The molecule has 0 N–H and O–H groups in total. The molecule has 1 aromatic carbocycles. The summed E-state index contributed by atoms with van der Waals surface area (Å²) in [6.07, 6.45) is 1.62. The van der Waals surface area contributed by atoms with E-state index in [0.29, 0.717) is 15.9 Å². The number of rotatable bonds is 3. The summed E-state index contributed by atoms with van der Waals surface area (Å²) in [5.74, 6) is -1.19. The van der Waals surface area contributed by atoms with E-state index in [-0.39, 0.29) is 6.61 Å². The number of ether oxygens (including phenoxy) is 1. The molecule has 0 saturated carbocycles. The van der Waals surface area contributed by atoms with Gasteiger partial charge in [-0.1, -0.05) is 6.07 Å². The van der Waals surface area contributed by atoms with E-state index in [9.17, 15) is 8.78 Å². The van der Waals surface area contributed by atoms with Crippen molar-refractivity contribution in [2.75, 3.05) is 0 Å². The summed E-state index contributed by atoms with van der Waals surface area (Å²) in [7, 11) is 0. The zero-order valence-corrected chi connectivity index (χ0v) is 10.2. The Morgan fingerprint density at radius 2 is 2.00 bits per heavy atom. The second kappa shape index (κ2) is 5.23. The van der Waals surface area contributed by atoms with Crippen LogP contribution in [0.4, 0.5) is 8.78 Å². The highest BCUT2D eigenvalue weighted by atomic mass is 79.9. The maximum Gasteiger partial charge on any atom is 0.159 e. The number of aromatic nitrogens is 1. The van der Waals surface area contributed by atoms with Crippen LogP contribution in [0.25, 0.3) is 0 Å². The van der Waals surface area contributed by atoms with Gasteiger partial charge in [0, 0.05) is 6.20 Å². The Morgan fingerprint density at radius 3 is 2.71 bits per heavy atom. The quantitative estimate of drug-likeness (QED) is 0.806. The number of hydrogen-bond donors (Lipinski definition) is 0. The first-order valence-electron chi connectivity index (χ1n) is 4.84. The fourth-order valence-electron chi connectivity index (χ4n) is 1.27. The number of pyridine rings is 1. The van der Waals surface area contributed by atoms with Crippen LogP contribution in [0.3, 0.4) is 0 Å². The molecule has 1 aromatic heterocycles. The van der Waals surface area contributed by atoms with E-state index in [1.165, 1.54) is 6.07 Å². The highest BCUT2D eigenvalue weighted by Gasteiger charge is 2.05. The van der Waals surface area contributed by atoms with Crippen LogP contribution in [-0.2, 0) is 6.61 Å². The molecule has 0 aliphatic carbocycles. The second-order valence-corrected chi connectivity index (χ2v) is 4.08. The topological polar surface area (TPSA) is 22.1 Å². The molecule has 5 heteroatoms. The zero-order valence-electron chi connectivity index (χ0n) is 8.66. The van der Waals surface area contributed by atoms with Crippen LogP contribution in [0, 0.1) is 11.6 Å². The fourth-order valence-corrected chi connectivity index (χ4v) is 1.63. The molecule has 0 amide bonds. The minimum atomic E-state index is -0.878. The van der Waals surface area contributed by atoms with Crippen LogP contribution >= 0.6 is 15.9 Å². The Bertz CT molecular complexity index is 534. The van der Waals surface area contributed by atoms with Gasteiger partial charge in [0.25, 0.3) is 0 Å². The van der Waals surface area contributed by atoms with Crippen molar-refractivity contribution in [2.24, 2.45) is 0 Å². The van der Waals surface area contributed by atoms with Crippen molar-refractivity contribution in [3.63, 3.8) is 0 Å². The van der Waals surface area contributed by atoms with Gasteiger partial charge in [-0.25, -0.2) is 13.8 Å². The standard InChI is InChI=1S/C12H8BrF2NO/c13-12-11(2-1-5-16-12)17-7-8-3-4-9(14)10(15)6-8/h1-6H,7H2. The first-order chi connectivity index (χ1) is 8.16. The van der Waals surface area contributed by atoms with Crippen LogP contribution < -0.4 is 4.74 Å². The van der Waals surface area contributed by atoms with Gasteiger partial charge in [0.2, 0.25) is 0 Å². The maximum atomic E-state index is 12.9. The van der Waals surface area contributed by atoms with E-state index in [4.69, 9.17) is 4.74 Å². The van der Waals surface area contributed by atoms with Gasteiger partial charge in [-0.2, -0.15) is 0 Å². The Kier molecular flexibility index (Phi) is 3.68. The molecule has 1 heterocycles. The Balaban J connectivity index is 2.08. The molecule has 0 unspecified atom stereocenters. The lowest BCUT2D eigenvalue weighted by molar-refractivity contribution is 0.301. The van der Waals surface area contributed by atoms with Crippen molar-refractivity contribution in [3.8, 4) is 5.75 Å². The van der Waals surface area contributed by atoms with Crippen LogP contribution in [0.15, 0.2) is 41.1 Å². The third-order valence-corrected chi connectivity index (χ3v) is 2.70. The van der Waals surface area contributed by atoms with Crippen molar-refractivity contribution in [1.82, 2.24) is 4.98 Å². The van der Waals surface area contributed by atoms with E-state index in [2.05, 4.69) is 20.9 Å². The predicted molar refractivity (Wildman–Crippen MR) is 62.6 cm³/mol. The molecular weight excluding hydrogens is 292 g/mol. The normalized spacial score (nSPS) is 10.3. The van der Waals surface area contributed by atoms with Gasteiger partial charge in [-0.05, 0) is 45.8 Å². The summed E-state index contributed by atoms with van der Waals surface area (Å²) < 4.78 is 31.6. The van der Waals surface area contributed by atoms with Gasteiger partial charge in [0.1, 0.15) is 11.2 Å². The predicted octanol–water partition coefficient (Wildman–Crippen LogP) is 3.70. The van der Waals surface area contributed by atoms with Crippen molar-refractivity contribution in [2.45, 2.75) is 6.61 Å². The first kappa shape index (κ1) is 12.0. The molecule has 0 aliphatic rings. The summed E-state index contributed by atoms with van der Waals surface area (Å²) in [5.41, 5.74) is 0.555. The van der Waals surface area contributed by atoms with Crippen LogP contribution in [0.1, 0.15) is 5.56 Å². The molecule has 0 fully saturated rings. The number of nitrogens with zero attached hydrogens (tertiary/aromatic N) is 1. The lowest BCUT2D eigenvalue weighted by Crippen LogP contribution is -1.98. The molecule has 0 atom stereocenters. The minimum Gasteiger partial charge on any atom is -0.486 e. The number of hydrogen-bond acceptors (Lipinski definition) is 2. The van der Waals surface area contributed by atoms with Crippen LogP contribution in [0.2, 0.25) is 0 Å². The van der Waals surface area contributed by atoms with E-state index < -0.39 is 11.6 Å². The summed E-state index contributed by atoms with van der Waals surface area (Å²) in [6.45, 7) is 0.154. The third-order valence-electron chi connectivity index (χ3n) is 2.10. The number of benzene rings is 1. The third kappa shape index (κ3) is 3.00. The van der Waals surface area contributed by atoms with Gasteiger partial charge in [-0.15, -0.1) is 0 Å². The van der Waals surface area contributed by atoms with Gasteiger partial charge in [0.15, 0.2) is 17.4 Å². The van der Waals surface area contributed by atoms with Crippen molar-refractivity contribution < 1.29 is 13.5 Å². The Hall–Kier alpha value is -1.49. The second-order valence-electron chi connectivity index (χ2n) is 3.33. The van der Waals surface area contributed by atoms with Gasteiger partial charge >= 0.3 is 0 Å². The summed E-state index contributed by atoms with van der Waals surface area (Å²) in [6, 6.07) is 7.12. The van der Waals surface area contributed by atoms with Crippen LogP contribution in [-0.4, -0.2) is 4.98 Å². The Morgan fingerprint density at radius 1 is 1.18 bits per heavy atom. The van der Waals surface area contributed by atoms with E-state index in [0.717, 1.165) is 12.1 Å². The summed E-state index contributed by atoms with van der Waals surface area (Å²) >= 11 is 3.23. The molecule has 0 bridgehead atoms.